The Labute approximate surface area is 132 Å². The van der Waals surface area contributed by atoms with Crippen LogP contribution in [0.5, 0.6) is 0 Å². The standard InChI is InChI=1S/C17H26N4O/c1-20(2)16(22)19-12-15-10-17(15)5-8-21(9-6-17)13-14-4-3-7-18-11-14/h3-4,7,11,15H,5-6,8-10,12-13H2,1-2H3,(H,19,22)/t15-/m0/s1. The topological polar surface area (TPSA) is 48.5 Å². The van der Waals surface area contributed by atoms with Crippen LogP contribution in [0.1, 0.15) is 24.8 Å². The molecular formula is C17H26N4O. The highest BCUT2D eigenvalue weighted by atomic mass is 16.2. The first kappa shape index (κ1) is 15.3. The lowest BCUT2D eigenvalue weighted by Gasteiger charge is -2.33. The van der Waals surface area contributed by atoms with E-state index in [9.17, 15) is 4.79 Å². The largest absolute Gasteiger partial charge is 0.338 e. The van der Waals surface area contributed by atoms with Crippen LogP contribution < -0.4 is 5.32 Å². The predicted octanol–water partition coefficient (Wildman–Crippen LogP) is 1.95. The van der Waals surface area contributed by atoms with Crippen LogP contribution in [0, 0.1) is 11.3 Å². The van der Waals surface area contributed by atoms with E-state index in [-0.39, 0.29) is 6.03 Å². The van der Waals surface area contributed by atoms with E-state index in [2.05, 4.69) is 21.3 Å². The van der Waals surface area contributed by atoms with Crippen molar-refractivity contribution in [2.75, 3.05) is 33.7 Å². The molecule has 2 heterocycles. The zero-order valence-electron chi connectivity index (χ0n) is 13.6. The molecule has 1 atom stereocenters. The molecule has 5 nitrogen and oxygen atoms in total. The van der Waals surface area contributed by atoms with Gasteiger partial charge in [-0.15, -0.1) is 0 Å². The lowest BCUT2D eigenvalue weighted by Crippen LogP contribution is -2.38. The van der Waals surface area contributed by atoms with Crippen molar-refractivity contribution >= 4 is 6.03 Å². The maximum atomic E-state index is 11.6. The van der Waals surface area contributed by atoms with Crippen LogP contribution >= 0.6 is 0 Å². The second-order valence-corrected chi connectivity index (χ2v) is 6.98. The number of carbonyl (C=O) groups is 1. The molecule has 2 fully saturated rings. The number of nitrogens with one attached hydrogen (secondary N) is 1. The molecule has 1 saturated carbocycles. The van der Waals surface area contributed by atoms with E-state index in [1.165, 1.54) is 24.8 Å². The highest BCUT2D eigenvalue weighted by Gasteiger charge is 2.54. The lowest BCUT2D eigenvalue weighted by molar-refractivity contribution is 0.155. The van der Waals surface area contributed by atoms with Crippen LogP contribution in [0.15, 0.2) is 24.5 Å². The molecule has 1 saturated heterocycles. The number of likely N-dealkylation sites (tertiary alicyclic amines) is 1. The second-order valence-electron chi connectivity index (χ2n) is 6.98. The number of nitrogens with zero attached hydrogens (tertiary/aromatic N) is 3. The molecule has 0 bridgehead atoms. The van der Waals surface area contributed by atoms with Gasteiger partial charge in [-0.05, 0) is 55.3 Å². The highest BCUT2D eigenvalue weighted by Crippen LogP contribution is 2.59. The molecule has 22 heavy (non-hydrogen) atoms. The molecule has 1 spiro atoms. The minimum atomic E-state index is 0.0241. The van der Waals surface area contributed by atoms with Gasteiger partial charge in [0.15, 0.2) is 0 Å². The van der Waals surface area contributed by atoms with Gasteiger partial charge in [-0.2, -0.15) is 0 Å². The lowest BCUT2D eigenvalue weighted by atomic mass is 9.90. The Bertz CT molecular complexity index is 509. The molecule has 5 heteroatoms. The summed E-state index contributed by atoms with van der Waals surface area (Å²) in [5.41, 5.74) is 1.80. The van der Waals surface area contributed by atoms with Gasteiger partial charge in [0.2, 0.25) is 0 Å². The molecule has 0 unspecified atom stereocenters. The molecule has 0 radical (unpaired) electrons. The summed E-state index contributed by atoms with van der Waals surface area (Å²) in [7, 11) is 3.57. The summed E-state index contributed by atoms with van der Waals surface area (Å²) in [5, 5.41) is 3.03. The van der Waals surface area contributed by atoms with Crippen molar-refractivity contribution in [3.05, 3.63) is 30.1 Å². The van der Waals surface area contributed by atoms with Crippen LogP contribution in [0.3, 0.4) is 0 Å². The molecular weight excluding hydrogens is 276 g/mol. The normalized spacial score (nSPS) is 23.3. The molecule has 1 N–H and O–H groups in total. The van der Waals surface area contributed by atoms with Crippen LogP contribution in [0.25, 0.3) is 0 Å². The summed E-state index contributed by atoms with van der Waals surface area (Å²) in [5.74, 6) is 0.678. The molecule has 0 aromatic carbocycles. The van der Waals surface area contributed by atoms with Crippen molar-refractivity contribution in [1.82, 2.24) is 20.1 Å². The number of rotatable bonds is 4. The Morgan fingerprint density at radius 3 is 2.86 bits per heavy atom. The summed E-state index contributed by atoms with van der Waals surface area (Å²) < 4.78 is 0. The Kier molecular flexibility index (Phi) is 4.34. The number of hydrogen-bond donors (Lipinski definition) is 1. The third-order valence-electron chi connectivity index (χ3n) is 5.25. The average Bonchev–Trinajstić information content (AvgIpc) is 3.21. The third kappa shape index (κ3) is 3.40. The van der Waals surface area contributed by atoms with E-state index >= 15 is 0 Å². The Hall–Kier alpha value is -1.62. The van der Waals surface area contributed by atoms with Crippen molar-refractivity contribution in [2.45, 2.75) is 25.8 Å². The molecule has 1 aromatic heterocycles. The van der Waals surface area contributed by atoms with E-state index in [0.29, 0.717) is 11.3 Å². The van der Waals surface area contributed by atoms with Gasteiger partial charge in [0.25, 0.3) is 0 Å². The minimum absolute atomic E-state index is 0.0241. The van der Waals surface area contributed by atoms with Crippen molar-refractivity contribution < 1.29 is 4.79 Å². The number of piperidine rings is 1. The molecule has 1 aromatic rings. The summed E-state index contributed by atoms with van der Waals surface area (Å²) in [4.78, 5) is 19.9. The summed E-state index contributed by atoms with van der Waals surface area (Å²) in [6, 6.07) is 4.18. The number of urea groups is 1. The van der Waals surface area contributed by atoms with Crippen LogP contribution in [0.4, 0.5) is 4.79 Å². The Morgan fingerprint density at radius 2 is 2.23 bits per heavy atom. The van der Waals surface area contributed by atoms with Gasteiger partial charge in [0, 0.05) is 39.6 Å². The summed E-state index contributed by atoms with van der Waals surface area (Å²) in [6.07, 6.45) is 7.58. The minimum Gasteiger partial charge on any atom is -0.338 e. The third-order valence-corrected chi connectivity index (χ3v) is 5.25. The first-order valence-corrected chi connectivity index (χ1v) is 8.15. The summed E-state index contributed by atoms with van der Waals surface area (Å²) in [6.45, 7) is 4.16. The first-order chi connectivity index (χ1) is 10.6. The molecule has 1 aliphatic carbocycles. The fourth-order valence-corrected chi connectivity index (χ4v) is 3.61. The fraction of sp³-hybridized carbons (Fsp3) is 0.647. The molecule has 2 aliphatic rings. The molecule has 2 amide bonds. The number of hydrogen-bond acceptors (Lipinski definition) is 3. The molecule has 120 valence electrons. The fourth-order valence-electron chi connectivity index (χ4n) is 3.61. The van der Waals surface area contributed by atoms with E-state index in [1.54, 1.807) is 19.0 Å². The van der Waals surface area contributed by atoms with Crippen molar-refractivity contribution in [1.29, 1.82) is 0 Å². The van der Waals surface area contributed by atoms with Crippen LogP contribution in [-0.4, -0.2) is 54.5 Å². The van der Waals surface area contributed by atoms with Crippen molar-refractivity contribution in [3.63, 3.8) is 0 Å². The van der Waals surface area contributed by atoms with Crippen molar-refractivity contribution in [2.24, 2.45) is 11.3 Å². The summed E-state index contributed by atoms with van der Waals surface area (Å²) >= 11 is 0. The molecule has 1 aliphatic heterocycles. The van der Waals surface area contributed by atoms with Gasteiger partial charge >= 0.3 is 6.03 Å². The smallest absolute Gasteiger partial charge is 0.316 e. The predicted molar refractivity (Wildman–Crippen MR) is 86.4 cm³/mol. The van der Waals surface area contributed by atoms with Gasteiger partial charge in [0.1, 0.15) is 0 Å². The monoisotopic (exact) mass is 302 g/mol. The zero-order chi connectivity index (χ0) is 15.6. The molecule has 3 rings (SSSR count). The number of aromatic nitrogens is 1. The maximum absolute atomic E-state index is 11.6. The van der Waals surface area contributed by atoms with E-state index in [1.807, 2.05) is 18.5 Å². The Morgan fingerprint density at radius 1 is 1.45 bits per heavy atom. The number of amides is 2. The van der Waals surface area contributed by atoms with E-state index in [0.717, 1.165) is 26.2 Å². The van der Waals surface area contributed by atoms with Gasteiger partial charge < -0.3 is 10.2 Å². The van der Waals surface area contributed by atoms with Gasteiger partial charge in [-0.25, -0.2) is 4.79 Å². The van der Waals surface area contributed by atoms with E-state index in [4.69, 9.17) is 0 Å². The van der Waals surface area contributed by atoms with Gasteiger partial charge in [-0.1, -0.05) is 6.07 Å². The highest BCUT2D eigenvalue weighted by molar-refractivity contribution is 5.73. The average molecular weight is 302 g/mol. The zero-order valence-corrected chi connectivity index (χ0v) is 13.6. The van der Waals surface area contributed by atoms with Crippen LogP contribution in [0.2, 0.25) is 0 Å². The van der Waals surface area contributed by atoms with Gasteiger partial charge in [-0.3, -0.25) is 9.88 Å². The SMILES string of the molecule is CN(C)C(=O)NC[C@@H]1CC12CCN(Cc1cccnc1)CC2. The number of carbonyl (C=O) groups excluding carboxylic acids is 1. The van der Waals surface area contributed by atoms with Crippen LogP contribution in [-0.2, 0) is 6.54 Å². The first-order valence-electron chi connectivity index (χ1n) is 8.15. The van der Waals surface area contributed by atoms with E-state index < -0.39 is 0 Å². The number of pyridine rings is 1. The van der Waals surface area contributed by atoms with Crippen molar-refractivity contribution in [3.8, 4) is 0 Å². The second kappa shape index (κ2) is 6.24. The van der Waals surface area contributed by atoms with Gasteiger partial charge in [0.05, 0.1) is 0 Å². The maximum Gasteiger partial charge on any atom is 0.316 e. The Balaban J connectivity index is 1.42. The quantitative estimate of drug-likeness (QED) is 0.925.